The van der Waals surface area contributed by atoms with Crippen LogP contribution in [0.2, 0.25) is 0 Å². The molecule has 0 radical (unpaired) electrons. The van der Waals surface area contributed by atoms with Gasteiger partial charge in [-0.1, -0.05) is 49.6 Å². The Morgan fingerprint density at radius 2 is 1.74 bits per heavy atom. The molecule has 2 aliphatic rings. The van der Waals surface area contributed by atoms with Crippen LogP contribution in [-0.2, 0) is 6.54 Å². The molecule has 1 saturated heterocycles. The molecule has 0 amide bonds. The molecular weight excluding hydrogens is 232 g/mol. The number of rotatable bonds is 4. The molecule has 1 N–H and O–H groups in total. The average Bonchev–Trinajstić information content (AvgIpc) is 2.88. The molecule has 1 heterocycles. The van der Waals surface area contributed by atoms with Gasteiger partial charge in [0.1, 0.15) is 0 Å². The summed E-state index contributed by atoms with van der Waals surface area (Å²) in [5.74, 6) is 0. The maximum atomic E-state index is 3.89. The van der Waals surface area contributed by atoms with Crippen LogP contribution in [0, 0.1) is 0 Å². The van der Waals surface area contributed by atoms with E-state index < -0.39 is 0 Å². The highest BCUT2D eigenvalue weighted by molar-refractivity contribution is 5.14. The SMILES string of the molecule is c1ccc(CN2CCC(NC3CCCCC3)C2)cc1. The Hall–Kier alpha value is -0.860. The zero-order chi connectivity index (χ0) is 12.9. The molecule has 1 aliphatic heterocycles. The molecule has 19 heavy (non-hydrogen) atoms. The van der Waals surface area contributed by atoms with E-state index >= 15 is 0 Å². The van der Waals surface area contributed by atoms with Crippen molar-refractivity contribution in [1.82, 2.24) is 10.2 Å². The van der Waals surface area contributed by atoms with Crippen LogP contribution >= 0.6 is 0 Å². The van der Waals surface area contributed by atoms with Crippen molar-refractivity contribution in [3.63, 3.8) is 0 Å². The lowest BCUT2D eigenvalue weighted by atomic mass is 9.95. The Morgan fingerprint density at radius 3 is 2.53 bits per heavy atom. The van der Waals surface area contributed by atoms with Crippen molar-refractivity contribution in [2.24, 2.45) is 0 Å². The average molecular weight is 258 g/mol. The van der Waals surface area contributed by atoms with Gasteiger partial charge in [-0.2, -0.15) is 0 Å². The van der Waals surface area contributed by atoms with Crippen molar-refractivity contribution in [3.8, 4) is 0 Å². The summed E-state index contributed by atoms with van der Waals surface area (Å²) >= 11 is 0. The number of nitrogens with one attached hydrogen (secondary N) is 1. The fraction of sp³-hybridized carbons (Fsp3) is 0.647. The van der Waals surface area contributed by atoms with Crippen molar-refractivity contribution in [2.75, 3.05) is 13.1 Å². The van der Waals surface area contributed by atoms with E-state index in [9.17, 15) is 0 Å². The fourth-order valence-electron chi connectivity index (χ4n) is 3.56. The second-order valence-corrected chi connectivity index (χ2v) is 6.21. The number of hydrogen-bond donors (Lipinski definition) is 1. The molecule has 0 bridgehead atoms. The van der Waals surface area contributed by atoms with Gasteiger partial charge in [0.15, 0.2) is 0 Å². The zero-order valence-corrected chi connectivity index (χ0v) is 11.9. The summed E-state index contributed by atoms with van der Waals surface area (Å²) in [5, 5.41) is 3.89. The van der Waals surface area contributed by atoms with E-state index in [-0.39, 0.29) is 0 Å². The normalized spacial score (nSPS) is 25.8. The van der Waals surface area contributed by atoms with Crippen LogP contribution in [0.15, 0.2) is 30.3 Å². The van der Waals surface area contributed by atoms with E-state index in [1.165, 1.54) is 57.2 Å². The lowest BCUT2D eigenvalue weighted by molar-refractivity contribution is 0.299. The first-order valence-corrected chi connectivity index (χ1v) is 7.92. The minimum atomic E-state index is 0.729. The Morgan fingerprint density at radius 1 is 0.947 bits per heavy atom. The van der Waals surface area contributed by atoms with Crippen LogP contribution in [0.4, 0.5) is 0 Å². The molecule has 1 aromatic carbocycles. The Bertz CT molecular complexity index is 370. The predicted octanol–water partition coefficient (Wildman–Crippen LogP) is 3.18. The largest absolute Gasteiger partial charge is 0.310 e. The van der Waals surface area contributed by atoms with E-state index in [0.29, 0.717) is 0 Å². The summed E-state index contributed by atoms with van der Waals surface area (Å²) in [6, 6.07) is 12.4. The number of nitrogens with zero attached hydrogens (tertiary/aromatic N) is 1. The Balaban J connectivity index is 1.44. The molecular formula is C17H26N2. The van der Waals surface area contributed by atoms with E-state index in [1.807, 2.05) is 0 Å². The van der Waals surface area contributed by atoms with Gasteiger partial charge >= 0.3 is 0 Å². The molecule has 2 nitrogen and oxygen atoms in total. The molecule has 2 fully saturated rings. The quantitative estimate of drug-likeness (QED) is 0.892. The van der Waals surface area contributed by atoms with Crippen molar-refractivity contribution in [3.05, 3.63) is 35.9 Å². The lowest BCUT2D eigenvalue weighted by Crippen LogP contribution is -2.40. The van der Waals surface area contributed by atoms with E-state index in [4.69, 9.17) is 0 Å². The maximum Gasteiger partial charge on any atom is 0.0234 e. The van der Waals surface area contributed by atoms with Crippen molar-refractivity contribution in [1.29, 1.82) is 0 Å². The van der Waals surface area contributed by atoms with Crippen LogP contribution in [-0.4, -0.2) is 30.1 Å². The number of benzene rings is 1. The van der Waals surface area contributed by atoms with E-state index in [0.717, 1.165) is 18.6 Å². The van der Waals surface area contributed by atoms with Crippen LogP contribution < -0.4 is 5.32 Å². The van der Waals surface area contributed by atoms with Gasteiger partial charge in [0.25, 0.3) is 0 Å². The molecule has 1 aliphatic carbocycles. The number of likely N-dealkylation sites (tertiary alicyclic amines) is 1. The molecule has 3 rings (SSSR count). The molecule has 1 saturated carbocycles. The minimum Gasteiger partial charge on any atom is -0.310 e. The highest BCUT2D eigenvalue weighted by Crippen LogP contribution is 2.20. The van der Waals surface area contributed by atoms with Crippen LogP contribution in [0.1, 0.15) is 44.1 Å². The summed E-state index contributed by atoms with van der Waals surface area (Å²) < 4.78 is 0. The Kier molecular flexibility index (Phi) is 4.52. The third kappa shape index (κ3) is 3.80. The first-order chi connectivity index (χ1) is 9.40. The first-order valence-electron chi connectivity index (χ1n) is 7.92. The summed E-state index contributed by atoms with van der Waals surface area (Å²) in [4.78, 5) is 2.59. The summed E-state index contributed by atoms with van der Waals surface area (Å²) in [7, 11) is 0. The van der Waals surface area contributed by atoms with Crippen molar-refractivity contribution < 1.29 is 0 Å². The van der Waals surface area contributed by atoms with Gasteiger partial charge in [-0.05, 0) is 24.8 Å². The summed E-state index contributed by atoms with van der Waals surface area (Å²) in [6.45, 7) is 3.59. The highest BCUT2D eigenvalue weighted by atomic mass is 15.2. The smallest absolute Gasteiger partial charge is 0.0234 e. The highest BCUT2D eigenvalue weighted by Gasteiger charge is 2.25. The summed E-state index contributed by atoms with van der Waals surface area (Å²) in [5.41, 5.74) is 1.45. The summed E-state index contributed by atoms with van der Waals surface area (Å²) in [6.07, 6.45) is 8.42. The molecule has 1 atom stereocenters. The minimum absolute atomic E-state index is 0.729. The molecule has 104 valence electrons. The van der Waals surface area contributed by atoms with Gasteiger partial charge in [-0.15, -0.1) is 0 Å². The second kappa shape index (κ2) is 6.53. The molecule has 0 aromatic heterocycles. The predicted molar refractivity (Wildman–Crippen MR) is 80.1 cm³/mol. The standard InChI is InChI=1S/C17H26N2/c1-3-7-15(8-4-1)13-19-12-11-17(14-19)18-16-9-5-2-6-10-16/h1,3-4,7-8,16-18H,2,5-6,9-14H2. The molecule has 0 spiro atoms. The maximum absolute atomic E-state index is 3.89. The van der Waals surface area contributed by atoms with E-state index in [2.05, 4.69) is 40.5 Å². The van der Waals surface area contributed by atoms with E-state index in [1.54, 1.807) is 0 Å². The van der Waals surface area contributed by atoms with Crippen molar-refractivity contribution in [2.45, 2.75) is 57.2 Å². The first kappa shape index (κ1) is 13.1. The second-order valence-electron chi connectivity index (χ2n) is 6.21. The fourth-order valence-corrected chi connectivity index (χ4v) is 3.56. The molecule has 2 heteroatoms. The van der Waals surface area contributed by atoms with Gasteiger partial charge < -0.3 is 5.32 Å². The molecule has 1 unspecified atom stereocenters. The van der Waals surface area contributed by atoms with Gasteiger partial charge in [-0.25, -0.2) is 0 Å². The van der Waals surface area contributed by atoms with Gasteiger partial charge in [-0.3, -0.25) is 4.90 Å². The zero-order valence-electron chi connectivity index (χ0n) is 11.9. The topological polar surface area (TPSA) is 15.3 Å². The van der Waals surface area contributed by atoms with Gasteiger partial charge in [0, 0.05) is 31.7 Å². The van der Waals surface area contributed by atoms with Crippen molar-refractivity contribution >= 4 is 0 Å². The van der Waals surface area contributed by atoms with Crippen LogP contribution in [0.25, 0.3) is 0 Å². The lowest BCUT2D eigenvalue weighted by Gasteiger charge is -2.26. The monoisotopic (exact) mass is 258 g/mol. The Labute approximate surface area is 117 Å². The molecule has 1 aromatic rings. The van der Waals surface area contributed by atoms with Gasteiger partial charge in [0.05, 0.1) is 0 Å². The number of hydrogen-bond acceptors (Lipinski definition) is 2. The van der Waals surface area contributed by atoms with Crippen LogP contribution in [0.3, 0.4) is 0 Å². The van der Waals surface area contributed by atoms with Crippen LogP contribution in [0.5, 0.6) is 0 Å². The van der Waals surface area contributed by atoms with Gasteiger partial charge in [0.2, 0.25) is 0 Å². The third-order valence-electron chi connectivity index (χ3n) is 4.60. The third-order valence-corrected chi connectivity index (χ3v) is 4.60.